The van der Waals surface area contributed by atoms with Crippen molar-refractivity contribution < 1.29 is 18.7 Å². The highest BCUT2D eigenvalue weighted by atomic mass is 16.6. The maximum absolute atomic E-state index is 12.4. The molecule has 1 aromatic rings. The lowest BCUT2D eigenvalue weighted by Gasteiger charge is -2.44. The Kier molecular flexibility index (Phi) is 3.53. The molecule has 1 amide bonds. The van der Waals surface area contributed by atoms with E-state index >= 15 is 0 Å². The number of ether oxygens (including phenoxy) is 2. The van der Waals surface area contributed by atoms with Crippen molar-refractivity contribution in [2.45, 2.75) is 44.9 Å². The van der Waals surface area contributed by atoms with Crippen LogP contribution in [0.5, 0.6) is 0 Å². The quantitative estimate of drug-likeness (QED) is 0.798. The zero-order valence-electron chi connectivity index (χ0n) is 12.7. The van der Waals surface area contributed by atoms with E-state index in [4.69, 9.17) is 13.9 Å². The summed E-state index contributed by atoms with van der Waals surface area (Å²) in [6.07, 6.45) is 6.00. The fraction of sp³-hybridized carbons (Fsp3) is 0.562. The highest BCUT2D eigenvalue weighted by Gasteiger charge is 2.40. The largest absolute Gasteiger partial charge is 0.472 e. The molecular formula is C16H21NO4. The van der Waals surface area contributed by atoms with Gasteiger partial charge in [-0.3, -0.25) is 4.90 Å². The minimum atomic E-state index is -0.485. The fourth-order valence-corrected chi connectivity index (χ4v) is 2.86. The summed E-state index contributed by atoms with van der Waals surface area (Å²) in [5.41, 5.74) is 1.80. The third-order valence-electron chi connectivity index (χ3n) is 3.69. The molecule has 1 fully saturated rings. The van der Waals surface area contributed by atoms with Gasteiger partial charge in [-0.15, -0.1) is 0 Å². The van der Waals surface area contributed by atoms with Gasteiger partial charge in [0.2, 0.25) is 0 Å². The highest BCUT2D eigenvalue weighted by molar-refractivity contribution is 5.74. The van der Waals surface area contributed by atoms with Crippen LogP contribution < -0.4 is 0 Å². The van der Waals surface area contributed by atoms with Gasteiger partial charge in [-0.2, -0.15) is 0 Å². The van der Waals surface area contributed by atoms with E-state index in [0.717, 1.165) is 12.0 Å². The minimum Gasteiger partial charge on any atom is -0.472 e. The summed E-state index contributed by atoms with van der Waals surface area (Å²) >= 11 is 0. The Morgan fingerprint density at radius 1 is 1.38 bits per heavy atom. The number of fused-ring (bicyclic) bond motifs is 2. The van der Waals surface area contributed by atoms with Crippen molar-refractivity contribution in [3.63, 3.8) is 0 Å². The van der Waals surface area contributed by atoms with Crippen molar-refractivity contribution >= 4 is 11.7 Å². The lowest BCUT2D eigenvalue weighted by atomic mass is 9.91. The summed E-state index contributed by atoms with van der Waals surface area (Å²) in [7, 11) is 0. The molecule has 114 valence electrons. The van der Waals surface area contributed by atoms with Gasteiger partial charge in [0.25, 0.3) is 0 Å². The van der Waals surface area contributed by atoms with Crippen LogP contribution in [-0.4, -0.2) is 41.9 Å². The zero-order valence-corrected chi connectivity index (χ0v) is 12.7. The summed E-state index contributed by atoms with van der Waals surface area (Å²) < 4.78 is 16.3. The number of carbonyl (C=O) groups is 1. The molecule has 2 atom stereocenters. The molecule has 2 unspecified atom stereocenters. The van der Waals surface area contributed by atoms with Gasteiger partial charge < -0.3 is 13.9 Å². The summed E-state index contributed by atoms with van der Waals surface area (Å²) in [5.74, 6) is 0. The number of hydrogen-bond acceptors (Lipinski definition) is 4. The first-order chi connectivity index (χ1) is 9.94. The molecule has 21 heavy (non-hydrogen) atoms. The number of morpholine rings is 1. The minimum absolute atomic E-state index is 0.0218. The summed E-state index contributed by atoms with van der Waals surface area (Å²) in [6, 6.07) is 1.90. The SMILES string of the molecule is CC(C)(C)OC(=O)N1C2C=C(c3ccoc3)CC1COC2. The Labute approximate surface area is 124 Å². The van der Waals surface area contributed by atoms with Crippen LogP contribution in [0.3, 0.4) is 0 Å². The smallest absolute Gasteiger partial charge is 0.411 e. The molecule has 2 aliphatic heterocycles. The van der Waals surface area contributed by atoms with Crippen LogP contribution >= 0.6 is 0 Å². The Morgan fingerprint density at radius 3 is 2.81 bits per heavy atom. The second kappa shape index (κ2) is 5.22. The Hall–Kier alpha value is -1.75. The highest BCUT2D eigenvalue weighted by Crippen LogP contribution is 2.33. The monoisotopic (exact) mass is 291 g/mol. The van der Waals surface area contributed by atoms with Gasteiger partial charge in [-0.25, -0.2) is 4.79 Å². The molecule has 0 aromatic carbocycles. The molecule has 5 heteroatoms. The average Bonchev–Trinajstić information content (AvgIpc) is 2.88. The van der Waals surface area contributed by atoms with Gasteiger partial charge in [0.1, 0.15) is 5.60 Å². The molecule has 5 nitrogen and oxygen atoms in total. The van der Waals surface area contributed by atoms with Crippen molar-refractivity contribution in [3.8, 4) is 0 Å². The summed E-state index contributed by atoms with van der Waals surface area (Å²) in [4.78, 5) is 14.2. The van der Waals surface area contributed by atoms with E-state index in [1.54, 1.807) is 12.5 Å². The van der Waals surface area contributed by atoms with E-state index in [1.165, 1.54) is 5.57 Å². The van der Waals surface area contributed by atoms with Gasteiger partial charge in [-0.05, 0) is 38.8 Å². The number of nitrogens with zero attached hydrogens (tertiary/aromatic N) is 1. The standard InChI is InChI=1S/C16H21NO4/c1-16(2,3)21-15(18)17-13-6-12(11-4-5-19-8-11)7-14(17)10-20-9-13/h4-6,8,13-14H,7,9-10H2,1-3H3. The molecule has 3 heterocycles. The fourth-order valence-electron chi connectivity index (χ4n) is 2.86. The first-order valence-electron chi connectivity index (χ1n) is 7.26. The van der Waals surface area contributed by atoms with Gasteiger partial charge in [0.05, 0.1) is 37.8 Å². The lowest BCUT2D eigenvalue weighted by Crippen LogP contribution is -2.57. The predicted octanol–water partition coefficient (Wildman–Crippen LogP) is 3.07. The summed E-state index contributed by atoms with van der Waals surface area (Å²) in [5, 5.41) is 0. The van der Waals surface area contributed by atoms with Crippen LogP contribution in [0.15, 0.2) is 29.1 Å². The van der Waals surface area contributed by atoms with E-state index in [-0.39, 0.29) is 18.2 Å². The maximum Gasteiger partial charge on any atom is 0.411 e. The van der Waals surface area contributed by atoms with Crippen molar-refractivity contribution in [2.24, 2.45) is 0 Å². The zero-order chi connectivity index (χ0) is 15.0. The van der Waals surface area contributed by atoms with Crippen LogP contribution in [0, 0.1) is 0 Å². The third-order valence-corrected chi connectivity index (χ3v) is 3.69. The molecule has 0 spiro atoms. The van der Waals surface area contributed by atoms with Gasteiger partial charge >= 0.3 is 6.09 Å². The van der Waals surface area contributed by atoms with Gasteiger partial charge in [0, 0.05) is 5.56 Å². The molecule has 1 aromatic heterocycles. The first kappa shape index (κ1) is 14.2. The van der Waals surface area contributed by atoms with Crippen LogP contribution in [0.4, 0.5) is 4.79 Å². The maximum atomic E-state index is 12.4. The van der Waals surface area contributed by atoms with Gasteiger partial charge in [0.15, 0.2) is 0 Å². The van der Waals surface area contributed by atoms with Crippen LogP contribution in [0.1, 0.15) is 32.8 Å². The van der Waals surface area contributed by atoms with E-state index < -0.39 is 5.60 Å². The number of rotatable bonds is 1. The molecule has 0 aliphatic carbocycles. The normalized spacial score (nSPS) is 25.5. The number of furan rings is 1. The van der Waals surface area contributed by atoms with E-state index in [2.05, 4.69) is 6.08 Å². The Balaban J connectivity index is 1.83. The van der Waals surface area contributed by atoms with Crippen LogP contribution in [0.2, 0.25) is 0 Å². The van der Waals surface area contributed by atoms with E-state index in [0.29, 0.717) is 13.2 Å². The lowest BCUT2D eigenvalue weighted by molar-refractivity contribution is -0.0510. The van der Waals surface area contributed by atoms with Crippen LogP contribution in [0.25, 0.3) is 5.57 Å². The summed E-state index contributed by atoms with van der Waals surface area (Å²) in [6.45, 7) is 6.71. The molecule has 0 N–H and O–H groups in total. The third kappa shape index (κ3) is 2.97. The van der Waals surface area contributed by atoms with Crippen molar-refractivity contribution in [1.29, 1.82) is 0 Å². The average molecular weight is 291 g/mol. The molecule has 1 saturated heterocycles. The second-order valence-electron chi connectivity index (χ2n) is 6.55. The molecular weight excluding hydrogens is 270 g/mol. The van der Waals surface area contributed by atoms with E-state index in [9.17, 15) is 4.79 Å². The number of amides is 1. The van der Waals surface area contributed by atoms with Crippen molar-refractivity contribution in [3.05, 3.63) is 30.2 Å². The molecule has 0 saturated carbocycles. The number of carbonyl (C=O) groups excluding carboxylic acids is 1. The topological polar surface area (TPSA) is 51.9 Å². The molecule has 0 radical (unpaired) electrons. The van der Waals surface area contributed by atoms with Crippen molar-refractivity contribution in [1.82, 2.24) is 4.90 Å². The van der Waals surface area contributed by atoms with Crippen molar-refractivity contribution in [2.75, 3.05) is 13.2 Å². The molecule has 3 rings (SSSR count). The predicted molar refractivity (Wildman–Crippen MR) is 77.8 cm³/mol. The van der Waals surface area contributed by atoms with E-state index in [1.807, 2.05) is 31.7 Å². The Bertz CT molecular complexity index is 541. The second-order valence-corrected chi connectivity index (χ2v) is 6.55. The first-order valence-corrected chi connectivity index (χ1v) is 7.26. The Morgan fingerprint density at radius 2 is 2.19 bits per heavy atom. The molecule has 2 aliphatic rings. The van der Waals surface area contributed by atoms with Gasteiger partial charge in [-0.1, -0.05) is 6.08 Å². The van der Waals surface area contributed by atoms with Crippen LogP contribution in [-0.2, 0) is 9.47 Å². The number of hydrogen-bond donors (Lipinski definition) is 0. The molecule has 2 bridgehead atoms.